The van der Waals surface area contributed by atoms with Crippen molar-refractivity contribution in [3.63, 3.8) is 0 Å². The molecule has 3 rings (SSSR count). The van der Waals surface area contributed by atoms with Crippen molar-refractivity contribution in [1.29, 1.82) is 0 Å². The minimum atomic E-state index is 0.561. The van der Waals surface area contributed by atoms with Gasteiger partial charge in [-0.2, -0.15) is 11.8 Å². The van der Waals surface area contributed by atoms with Crippen LogP contribution in [-0.2, 0) is 0 Å². The SMILES string of the molecule is c1cc2nc(C3CCCCS3)[nH]c2cn1. The summed E-state index contributed by atoms with van der Waals surface area (Å²) in [4.78, 5) is 12.1. The highest BCUT2D eigenvalue weighted by molar-refractivity contribution is 7.99. The van der Waals surface area contributed by atoms with E-state index >= 15 is 0 Å². The van der Waals surface area contributed by atoms with Crippen molar-refractivity contribution in [2.45, 2.75) is 24.5 Å². The maximum atomic E-state index is 4.62. The van der Waals surface area contributed by atoms with E-state index in [4.69, 9.17) is 0 Å². The van der Waals surface area contributed by atoms with E-state index in [9.17, 15) is 0 Å². The van der Waals surface area contributed by atoms with Crippen molar-refractivity contribution in [3.05, 3.63) is 24.3 Å². The van der Waals surface area contributed by atoms with Crippen LogP contribution in [0.4, 0.5) is 0 Å². The number of hydrogen-bond donors (Lipinski definition) is 1. The molecule has 0 saturated carbocycles. The molecule has 1 atom stereocenters. The number of fused-ring (bicyclic) bond motifs is 1. The summed E-state index contributed by atoms with van der Waals surface area (Å²) in [7, 11) is 0. The Morgan fingerprint density at radius 1 is 1.40 bits per heavy atom. The van der Waals surface area contributed by atoms with Gasteiger partial charge in [0.1, 0.15) is 5.82 Å². The molecule has 0 aliphatic carbocycles. The third-order valence-corrected chi connectivity index (χ3v) is 4.17. The zero-order chi connectivity index (χ0) is 10.1. The van der Waals surface area contributed by atoms with Crippen molar-refractivity contribution in [2.24, 2.45) is 0 Å². The second-order valence-corrected chi connectivity index (χ2v) is 5.18. The van der Waals surface area contributed by atoms with Crippen LogP contribution in [-0.4, -0.2) is 20.7 Å². The minimum Gasteiger partial charge on any atom is -0.340 e. The molecule has 4 heteroatoms. The smallest absolute Gasteiger partial charge is 0.120 e. The number of thioether (sulfide) groups is 1. The van der Waals surface area contributed by atoms with Gasteiger partial charge >= 0.3 is 0 Å². The molecule has 1 fully saturated rings. The van der Waals surface area contributed by atoms with E-state index < -0.39 is 0 Å². The molecule has 1 N–H and O–H groups in total. The number of rotatable bonds is 1. The third kappa shape index (κ3) is 1.74. The lowest BCUT2D eigenvalue weighted by molar-refractivity contribution is 0.668. The summed E-state index contributed by atoms with van der Waals surface area (Å²) in [6, 6.07) is 1.96. The zero-order valence-corrected chi connectivity index (χ0v) is 9.26. The van der Waals surface area contributed by atoms with Crippen molar-refractivity contribution in [3.8, 4) is 0 Å². The first-order valence-corrected chi connectivity index (χ1v) is 6.39. The Hall–Kier alpha value is -1.03. The number of aromatic nitrogens is 3. The number of hydrogen-bond acceptors (Lipinski definition) is 3. The second kappa shape index (κ2) is 3.85. The summed E-state index contributed by atoms with van der Waals surface area (Å²) in [6.45, 7) is 0. The normalized spacial score (nSPS) is 22.0. The van der Waals surface area contributed by atoms with Crippen LogP contribution in [0.15, 0.2) is 18.5 Å². The van der Waals surface area contributed by atoms with Gasteiger partial charge in [0.15, 0.2) is 0 Å². The molecule has 3 nitrogen and oxygen atoms in total. The van der Waals surface area contributed by atoms with Gasteiger partial charge in [-0.05, 0) is 24.7 Å². The Balaban J connectivity index is 1.96. The van der Waals surface area contributed by atoms with Crippen molar-refractivity contribution in [1.82, 2.24) is 15.0 Å². The molecule has 1 aliphatic heterocycles. The first-order valence-electron chi connectivity index (χ1n) is 5.35. The van der Waals surface area contributed by atoms with Gasteiger partial charge in [-0.25, -0.2) is 4.98 Å². The number of nitrogens with zero attached hydrogens (tertiary/aromatic N) is 2. The molecular weight excluding hydrogens is 206 g/mol. The zero-order valence-electron chi connectivity index (χ0n) is 8.44. The highest BCUT2D eigenvalue weighted by Gasteiger charge is 2.19. The summed E-state index contributed by atoms with van der Waals surface area (Å²) < 4.78 is 0. The lowest BCUT2D eigenvalue weighted by Crippen LogP contribution is -2.03. The van der Waals surface area contributed by atoms with E-state index in [2.05, 4.69) is 15.0 Å². The molecule has 0 aromatic carbocycles. The standard InChI is InChI=1S/C11H13N3S/c1-2-6-15-10(3-1)11-13-8-4-5-12-7-9(8)14-11/h4-5,7,10H,1-3,6H2,(H,13,14). The van der Waals surface area contributed by atoms with E-state index in [1.165, 1.54) is 25.0 Å². The molecular formula is C11H13N3S. The highest BCUT2D eigenvalue weighted by Crippen LogP contribution is 2.37. The number of pyridine rings is 1. The molecule has 1 saturated heterocycles. The first kappa shape index (κ1) is 9.21. The van der Waals surface area contributed by atoms with E-state index in [1.54, 1.807) is 6.20 Å². The predicted molar refractivity (Wildman–Crippen MR) is 62.9 cm³/mol. The van der Waals surface area contributed by atoms with Crippen LogP contribution in [0.2, 0.25) is 0 Å². The topological polar surface area (TPSA) is 41.6 Å². The van der Waals surface area contributed by atoms with Crippen LogP contribution < -0.4 is 0 Å². The summed E-state index contributed by atoms with van der Waals surface area (Å²) in [5, 5.41) is 0.561. The Morgan fingerprint density at radius 2 is 2.40 bits per heavy atom. The quantitative estimate of drug-likeness (QED) is 0.801. The van der Waals surface area contributed by atoms with Gasteiger partial charge in [-0.3, -0.25) is 4.98 Å². The third-order valence-electron chi connectivity index (χ3n) is 2.79. The molecule has 0 spiro atoms. The van der Waals surface area contributed by atoms with Gasteiger partial charge in [0.2, 0.25) is 0 Å². The fraction of sp³-hybridized carbons (Fsp3) is 0.455. The minimum absolute atomic E-state index is 0.561. The van der Waals surface area contributed by atoms with Gasteiger partial charge in [-0.1, -0.05) is 6.42 Å². The van der Waals surface area contributed by atoms with Crippen molar-refractivity contribution < 1.29 is 0 Å². The molecule has 3 heterocycles. The van der Waals surface area contributed by atoms with Crippen LogP contribution in [0, 0.1) is 0 Å². The summed E-state index contributed by atoms with van der Waals surface area (Å²) in [5.74, 6) is 2.39. The number of imidazole rings is 1. The summed E-state index contributed by atoms with van der Waals surface area (Å²) in [6.07, 6.45) is 7.56. The van der Waals surface area contributed by atoms with Crippen molar-refractivity contribution in [2.75, 3.05) is 5.75 Å². The molecule has 0 radical (unpaired) electrons. The molecule has 0 bridgehead atoms. The fourth-order valence-electron chi connectivity index (χ4n) is 1.99. The Kier molecular flexibility index (Phi) is 2.37. The monoisotopic (exact) mass is 219 g/mol. The van der Waals surface area contributed by atoms with Gasteiger partial charge in [-0.15, -0.1) is 0 Å². The lowest BCUT2D eigenvalue weighted by atomic mass is 10.2. The summed E-state index contributed by atoms with van der Waals surface area (Å²) >= 11 is 2.02. The second-order valence-electron chi connectivity index (χ2n) is 3.87. The lowest BCUT2D eigenvalue weighted by Gasteiger charge is -2.18. The number of H-pyrrole nitrogens is 1. The average molecular weight is 219 g/mol. The molecule has 1 unspecified atom stereocenters. The molecule has 2 aromatic rings. The fourth-order valence-corrected chi connectivity index (χ4v) is 3.24. The van der Waals surface area contributed by atoms with Crippen LogP contribution in [0.25, 0.3) is 11.0 Å². The molecule has 2 aromatic heterocycles. The van der Waals surface area contributed by atoms with Crippen LogP contribution >= 0.6 is 11.8 Å². The van der Waals surface area contributed by atoms with E-state index in [0.29, 0.717) is 5.25 Å². The van der Waals surface area contributed by atoms with Crippen LogP contribution in [0.3, 0.4) is 0 Å². The molecule has 78 valence electrons. The van der Waals surface area contributed by atoms with E-state index in [-0.39, 0.29) is 0 Å². The van der Waals surface area contributed by atoms with Gasteiger partial charge in [0.25, 0.3) is 0 Å². The maximum absolute atomic E-state index is 4.62. The van der Waals surface area contributed by atoms with Gasteiger partial charge < -0.3 is 4.98 Å². The van der Waals surface area contributed by atoms with Crippen molar-refractivity contribution >= 4 is 22.8 Å². The number of nitrogens with one attached hydrogen (secondary N) is 1. The van der Waals surface area contributed by atoms with E-state index in [1.807, 2.05) is 24.0 Å². The molecule has 0 amide bonds. The average Bonchev–Trinajstić information content (AvgIpc) is 2.74. The molecule has 15 heavy (non-hydrogen) atoms. The Labute approximate surface area is 92.7 Å². The van der Waals surface area contributed by atoms with Gasteiger partial charge in [0, 0.05) is 6.20 Å². The van der Waals surface area contributed by atoms with Crippen LogP contribution in [0.1, 0.15) is 30.3 Å². The summed E-state index contributed by atoms with van der Waals surface area (Å²) in [5.41, 5.74) is 2.09. The Bertz CT molecular complexity index is 427. The number of aromatic amines is 1. The molecule has 1 aliphatic rings. The van der Waals surface area contributed by atoms with Crippen LogP contribution in [0.5, 0.6) is 0 Å². The van der Waals surface area contributed by atoms with E-state index in [0.717, 1.165) is 16.9 Å². The largest absolute Gasteiger partial charge is 0.340 e. The Morgan fingerprint density at radius 3 is 3.20 bits per heavy atom. The predicted octanol–water partition coefficient (Wildman–Crippen LogP) is 2.92. The highest BCUT2D eigenvalue weighted by atomic mass is 32.2. The van der Waals surface area contributed by atoms with Gasteiger partial charge in [0.05, 0.1) is 22.5 Å². The first-order chi connectivity index (χ1) is 7.43. The maximum Gasteiger partial charge on any atom is 0.120 e.